The minimum Gasteiger partial charge on any atom is -0.493 e. The molecule has 0 saturated carbocycles. The molecule has 0 amide bonds. The van der Waals surface area contributed by atoms with Gasteiger partial charge in [-0.1, -0.05) is 18.2 Å². The van der Waals surface area contributed by atoms with Crippen molar-refractivity contribution >= 4 is 11.8 Å². The molecule has 6 nitrogen and oxygen atoms in total. The van der Waals surface area contributed by atoms with E-state index in [1.54, 1.807) is 26.4 Å². The molecule has 0 fully saturated rings. The SMILES string of the molecule is COc1ccc2c(c1OC)C=CN(CCc1ccc([N+](=O)[O-])cc1)C2. The second-order valence-corrected chi connectivity index (χ2v) is 5.83. The molecule has 0 aliphatic carbocycles. The van der Waals surface area contributed by atoms with Gasteiger partial charge in [-0.15, -0.1) is 0 Å². The molecule has 0 spiro atoms. The molecule has 0 radical (unpaired) electrons. The van der Waals surface area contributed by atoms with E-state index < -0.39 is 0 Å². The summed E-state index contributed by atoms with van der Waals surface area (Å²) in [5.74, 6) is 1.48. The van der Waals surface area contributed by atoms with E-state index in [0.717, 1.165) is 42.1 Å². The number of nitro benzene ring substituents is 1. The van der Waals surface area contributed by atoms with Crippen LogP contribution in [0.3, 0.4) is 0 Å². The number of non-ortho nitro benzene ring substituents is 1. The highest BCUT2D eigenvalue weighted by atomic mass is 16.6. The highest BCUT2D eigenvalue weighted by Gasteiger charge is 2.17. The van der Waals surface area contributed by atoms with Gasteiger partial charge in [0.25, 0.3) is 5.69 Å². The van der Waals surface area contributed by atoms with Gasteiger partial charge in [-0.05, 0) is 29.7 Å². The number of rotatable bonds is 6. The summed E-state index contributed by atoms with van der Waals surface area (Å²) in [6.45, 7) is 1.63. The van der Waals surface area contributed by atoms with Gasteiger partial charge in [-0.2, -0.15) is 0 Å². The van der Waals surface area contributed by atoms with E-state index in [4.69, 9.17) is 9.47 Å². The Labute approximate surface area is 146 Å². The van der Waals surface area contributed by atoms with Crippen LogP contribution in [0, 0.1) is 10.1 Å². The fourth-order valence-corrected chi connectivity index (χ4v) is 2.97. The molecule has 1 heterocycles. The lowest BCUT2D eigenvalue weighted by Gasteiger charge is -2.27. The summed E-state index contributed by atoms with van der Waals surface area (Å²) in [6.07, 6.45) is 4.91. The predicted octanol–water partition coefficient (Wildman–Crippen LogP) is 3.64. The highest BCUT2D eigenvalue weighted by Crippen LogP contribution is 2.36. The first-order valence-corrected chi connectivity index (χ1v) is 8.02. The fraction of sp³-hybridized carbons (Fsp3) is 0.263. The number of fused-ring (bicyclic) bond motifs is 1. The number of methoxy groups -OCH3 is 2. The average Bonchev–Trinajstić information content (AvgIpc) is 2.65. The molecular weight excluding hydrogens is 320 g/mol. The minimum atomic E-state index is -0.379. The molecule has 0 N–H and O–H groups in total. The first kappa shape index (κ1) is 16.8. The molecule has 2 aromatic rings. The molecule has 0 atom stereocenters. The van der Waals surface area contributed by atoms with Crippen LogP contribution in [0.2, 0.25) is 0 Å². The van der Waals surface area contributed by atoms with E-state index in [9.17, 15) is 10.1 Å². The molecule has 6 heteroatoms. The molecule has 130 valence electrons. The molecule has 3 rings (SSSR count). The normalized spacial score (nSPS) is 12.6. The van der Waals surface area contributed by atoms with Crippen molar-refractivity contribution in [3.63, 3.8) is 0 Å². The summed E-state index contributed by atoms with van der Waals surface area (Å²) in [6, 6.07) is 10.7. The lowest BCUT2D eigenvalue weighted by atomic mass is 10.0. The number of nitrogens with zero attached hydrogens (tertiary/aromatic N) is 2. The maximum Gasteiger partial charge on any atom is 0.269 e. The smallest absolute Gasteiger partial charge is 0.269 e. The third kappa shape index (κ3) is 3.57. The fourth-order valence-electron chi connectivity index (χ4n) is 2.97. The Morgan fingerprint density at radius 1 is 1.12 bits per heavy atom. The van der Waals surface area contributed by atoms with Gasteiger partial charge in [0.05, 0.1) is 19.1 Å². The summed E-state index contributed by atoms with van der Waals surface area (Å²) >= 11 is 0. The zero-order valence-corrected chi connectivity index (χ0v) is 14.3. The van der Waals surface area contributed by atoms with E-state index >= 15 is 0 Å². The molecule has 1 aliphatic heterocycles. The van der Waals surface area contributed by atoms with Crippen LogP contribution >= 0.6 is 0 Å². The number of nitro groups is 1. The van der Waals surface area contributed by atoms with Crippen LogP contribution in [0.25, 0.3) is 6.08 Å². The van der Waals surface area contributed by atoms with Crippen molar-refractivity contribution in [3.8, 4) is 11.5 Å². The molecular formula is C19H20N2O4. The summed E-state index contributed by atoms with van der Waals surface area (Å²) < 4.78 is 10.8. The maximum absolute atomic E-state index is 10.7. The maximum atomic E-state index is 10.7. The highest BCUT2D eigenvalue weighted by molar-refractivity contribution is 5.67. The van der Waals surface area contributed by atoms with E-state index in [2.05, 4.69) is 17.2 Å². The summed E-state index contributed by atoms with van der Waals surface area (Å²) in [7, 11) is 3.28. The number of ether oxygens (including phenoxy) is 2. The minimum absolute atomic E-state index is 0.122. The van der Waals surface area contributed by atoms with Crippen molar-refractivity contribution in [1.82, 2.24) is 4.90 Å². The molecule has 2 aromatic carbocycles. The zero-order chi connectivity index (χ0) is 17.8. The van der Waals surface area contributed by atoms with Gasteiger partial charge in [-0.25, -0.2) is 0 Å². The molecule has 0 aromatic heterocycles. The number of hydrogen-bond acceptors (Lipinski definition) is 5. The first-order chi connectivity index (χ1) is 12.1. The topological polar surface area (TPSA) is 64.8 Å². The third-order valence-corrected chi connectivity index (χ3v) is 4.33. The van der Waals surface area contributed by atoms with Crippen molar-refractivity contribution in [3.05, 3.63) is 69.4 Å². The standard InChI is InChI=1S/C19H20N2O4/c1-24-18-8-5-15-13-20(12-10-17(15)19(18)25-2)11-9-14-3-6-16(7-4-14)21(22)23/h3-8,10,12H,9,11,13H2,1-2H3. The van der Waals surface area contributed by atoms with Gasteiger partial charge < -0.3 is 14.4 Å². The van der Waals surface area contributed by atoms with E-state index in [0.29, 0.717) is 0 Å². The van der Waals surface area contributed by atoms with Crippen molar-refractivity contribution in [2.45, 2.75) is 13.0 Å². The molecule has 25 heavy (non-hydrogen) atoms. The Bertz CT molecular complexity index is 800. The van der Waals surface area contributed by atoms with Crippen LogP contribution < -0.4 is 9.47 Å². The Hall–Kier alpha value is -3.02. The largest absolute Gasteiger partial charge is 0.493 e. The summed E-state index contributed by atoms with van der Waals surface area (Å²) in [5.41, 5.74) is 3.44. The van der Waals surface area contributed by atoms with Gasteiger partial charge in [-0.3, -0.25) is 10.1 Å². The van der Waals surface area contributed by atoms with Crippen molar-refractivity contribution in [2.24, 2.45) is 0 Å². The van der Waals surface area contributed by atoms with Crippen LogP contribution in [-0.2, 0) is 13.0 Å². The van der Waals surface area contributed by atoms with Crippen LogP contribution in [0.5, 0.6) is 11.5 Å². The quantitative estimate of drug-likeness (QED) is 0.593. The monoisotopic (exact) mass is 340 g/mol. The van der Waals surface area contributed by atoms with Gasteiger partial charge >= 0.3 is 0 Å². The molecule has 0 unspecified atom stereocenters. The Balaban J connectivity index is 1.67. The molecule has 0 saturated heterocycles. The van der Waals surface area contributed by atoms with Crippen LogP contribution in [0.4, 0.5) is 5.69 Å². The van der Waals surface area contributed by atoms with E-state index in [-0.39, 0.29) is 10.6 Å². The van der Waals surface area contributed by atoms with Crippen LogP contribution in [0.15, 0.2) is 42.6 Å². The predicted molar refractivity (Wildman–Crippen MR) is 95.8 cm³/mol. The molecule has 1 aliphatic rings. The second-order valence-electron chi connectivity index (χ2n) is 5.83. The summed E-state index contributed by atoms with van der Waals surface area (Å²) in [5, 5.41) is 10.7. The van der Waals surface area contributed by atoms with Crippen molar-refractivity contribution in [2.75, 3.05) is 20.8 Å². The van der Waals surface area contributed by atoms with E-state index in [1.165, 1.54) is 5.56 Å². The Morgan fingerprint density at radius 3 is 2.52 bits per heavy atom. The van der Waals surface area contributed by atoms with Crippen LogP contribution in [0.1, 0.15) is 16.7 Å². The second kappa shape index (κ2) is 7.25. The number of benzene rings is 2. The van der Waals surface area contributed by atoms with Crippen molar-refractivity contribution in [1.29, 1.82) is 0 Å². The Kier molecular flexibility index (Phi) is 4.88. The number of hydrogen-bond donors (Lipinski definition) is 0. The van der Waals surface area contributed by atoms with Gasteiger partial charge in [0, 0.05) is 37.0 Å². The van der Waals surface area contributed by atoms with Gasteiger partial charge in [0.15, 0.2) is 11.5 Å². The van der Waals surface area contributed by atoms with Crippen LogP contribution in [-0.4, -0.2) is 30.6 Å². The lowest BCUT2D eigenvalue weighted by Crippen LogP contribution is -2.22. The lowest BCUT2D eigenvalue weighted by molar-refractivity contribution is -0.384. The first-order valence-electron chi connectivity index (χ1n) is 8.02. The average molecular weight is 340 g/mol. The summed E-state index contributed by atoms with van der Waals surface area (Å²) in [4.78, 5) is 12.5. The zero-order valence-electron chi connectivity index (χ0n) is 14.3. The van der Waals surface area contributed by atoms with Gasteiger partial charge in [0.2, 0.25) is 0 Å². The third-order valence-electron chi connectivity index (χ3n) is 4.33. The van der Waals surface area contributed by atoms with E-state index in [1.807, 2.05) is 24.3 Å². The van der Waals surface area contributed by atoms with Gasteiger partial charge in [0.1, 0.15) is 0 Å². The molecule has 0 bridgehead atoms. The Morgan fingerprint density at radius 2 is 1.88 bits per heavy atom. The van der Waals surface area contributed by atoms with Crippen molar-refractivity contribution < 1.29 is 14.4 Å².